The molecule has 0 aliphatic carbocycles. The molecule has 37 heavy (non-hydrogen) atoms. The minimum atomic E-state index is -1.52. The molecule has 0 radical (unpaired) electrons. The molecule has 1 aromatic rings. The van der Waals surface area contributed by atoms with Gasteiger partial charge in [0.05, 0.1) is 12.1 Å². The van der Waals surface area contributed by atoms with Gasteiger partial charge in [-0.25, -0.2) is 4.79 Å². The Morgan fingerprint density at radius 1 is 0.811 bits per heavy atom. The molecule has 204 valence electrons. The second-order valence-corrected chi connectivity index (χ2v) is 8.49. The fourth-order valence-electron chi connectivity index (χ4n) is 3.23. The maximum absolute atomic E-state index is 13.0. The van der Waals surface area contributed by atoms with Crippen molar-refractivity contribution in [1.29, 1.82) is 0 Å². The number of carbonyl (C=O) groups excluding carboxylic acids is 5. The minimum absolute atomic E-state index is 0.0564. The molecule has 1 rings (SSSR count). The summed E-state index contributed by atoms with van der Waals surface area (Å²) >= 11 is 0. The van der Waals surface area contributed by atoms with Crippen LogP contribution in [-0.2, 0) is 35.2 Å². The zero-order valence-corrected chi connectivity index (χ0v) is 20.4. The number of carboxylic acid groups (broad SMARTS) is 1. The summed E-state index contributed by atoms with van der Waals surface area (Å²) in [5, 5.41) is 26.5. The fourth-order valence-corrected chi connectivity index (χ4v) is 3.23. The number of primary amides is 2. The molecule has 14 heteroatoms. The fraction of sp³-hybridized carbons (Fsp3) is 0.478. The van der Waals surface area contributed by atoms with Crippen LogP contribution >= 0.6 is 0 Å². The van der Waals surface area contributed by atoms with E-state index >= 15 is 0 Å². The van der Waals surface area contributed by atoms with Gasteiger partial charge >= 0.3 is 5.97 Å². The van der Waals surface area contributed by atoms with Crippen molar-refractivity contribution < 1.29 is 39.0 Å². The molecule has 0 aliphatic heterocycles. The molecule has 0 saturated carbocycles. The standard InChI is InChI=1S/C23H34N6O8/c1-12(30)19(29-20(33)14(24)7-9-17(25)31)22(35)28-16(11-13-5-3-2-4-6-13)21(34)27-15(23(36)37)8-10-18(26)32/h2-6,12,14-16,19,30H,7-11,24H2,1H3,(H2,25,31)(H2,26,32)(H,27,34)(H,28,35)(H,29,33)(H,36,37). The zero-order chi connectivity index (χ0) is 28.1. The highest BCUT2D eigenvalue weighted by Gasteiger charge is 2.32. The van der Waals surface area contributed by atoms with Crippen LogP contribution in [0.25, 0.3) is 0 Å². The highest BCUT2D eigenvalue weighted by atomic mass is 16.4. The number of amides is 5. The third kappa shape index (κ3) is 11.5. The molecule has 1 aromatic carbocycles. The van der Waals surface area contributed by atoms with E-state index in [1.165, 1.54) is 6.92 Å². The lowest BCUT2D eigenvalue weighted by Crippen LogP contribution is -2.60. The summed E-state index contributed by atoms with van der Waals surface area (Å²) in [4.78, 5) is 71.9. The summed E-state index contributed by atoms with van der Waals surface area (Å²) < 4.78 is 0. The number of aliphatic hydroxyl groups excluding tert-OH is 1. The summed E-state index contributed by atoms with van der Waals surface area (Å²) in [6, 6.07) is 3.02. The highest BCUT2D eigenvalue weighted by Crippen LogP contribution is 2.07. The molecular weight excluding hydrogens is 488 g/mol. The van der Waals surface area contributed by atoms with Gasteiger partial charge in [0.25, 0.3) is 0 Å². The van der Waals surface area contributed by atoms with Crippen LogP contribution in [0.3, 0.4) is 0 Å². The van der Waals surface area contributed by atoms with Gasteiger partial charge in [0, 0.05) is 19.3 Å². The molecule has 11 N–H and O–H groups in total. The Bertz CT molecular complexity index is 971. The zero-order valence-electron chi connectivity index (χ0n) is 20.4. The van der Waals surface area contributed by atoms with E-state index in [0.717, 1.165) is 0 Å². The van der Waals surface area contributed by atoms with Gasteiger partial charge in [-0.1, -0.05) is 30.3 Å². The van der Waals surface area contributed by atoms with E-state index in [-0.39, 0.29) is 32.1 Å². The molecule has 0 saturated heterocycles. The lowest BCUT2D eigenvalue weighted by molar-refractivity contribution is -0.142. The van der Waals surface area contributed by atoms with E-state index in [2.05, 4.69) is 16.0 Å². The number of nitrogens with two attached hydrogens (primary N) is 3. The van der Waals surface area contributed by atoms with Crippen LogP contribution in [0.4, 0.5) is 0 Å². The Hall–Kier alpha value is -4.04. The quantitative estimate of drug-likeness (QED) is 0.110. The van der Waals surface area contributed by atoms with Crippen molar-refractivity contribution >= 4 is 35.5 Å². The first kappa shape index (κ1) is 31.0. The number of carboxylic acids is 1. The van der Waals surface area contributed by atoms with Crippen LogP contribution < -0.4 is 33.2 Å². The average Bonchev–Trinajstić information content (AvgIpc) is 2.82. The van der Waals surface area contributed by atoms with Gasteiger partial charge in [-0.05, 0) is 25.3 Å². The number of aliphatic carboxylic acids is 1. The third-order valence-corrected chi connectivity index (χ3v) is 5.31. The first-order chi connectivity index (χ1) is 17.3. The molecule has 0 spiro atoms. The monoisotopic (exact) mass is 522 g/mol. The van der Waals surface area contributed by atoms with E-state index in [4.69, 9.17) is 17.2 Å². The molecule has 5 atom stereocenters. The summed E-state index contributed by atoms with van der Waals surface area (Å²) in [6.45, 7) is 1.23. The van der Waals surface area contributed by atoms with Crippen molar-refractivity contribution in [2.24, 2.45) is 17.2 Å². The van der Waals surface area contributed by atoms with Gasteiger partial charge < -0.3 is 43.4 Å². The lowest BCUT2D eigenvalue weighted by atomic mass is 10.0. The highest BCUT2D eigenvalue weighted by molar-refractivity contribution is 5.94. The van der Waals surface area contributed by atoms with Crippen molar-refractivity contribution in [1.82, 2.24) is 16.0 Å². The molecule has 14 nitrogen and oxygen atoms in total. The Kier molecular flexibility index (Phi) is 12.7. The number of benzene rings is 1. The van der Waals surface area contributed by atoms with Crippen LogP contribution in [0.5, 0.6) is 0 Å². The van der Waals surface area contributed by atoms with Gasteiger partial charge in [-0.3, -0.25) is 24.0 Å². The first-order valence-corrected chi connectivity index (χ1v) is 11.5. The summed E-state index contributed by atoms with van der Waals surface area (Å²) in [7, 11) is 0. The Morgan fingerprint density at radius 3 is 1.86 bits per heavy atom. The van der Waals surface area contributed by atoms with E-state index in [9.17, 15) is 39.0 Å². The largest absolute Gasteiger partial charge is 0.480 e. The van der Waals surface area contributed by atoms with Gasteiger partial charge in [0.1, 0.15) is 18.1 Å². The maximum Gasteiger partial charge on any atom is 0.326 e. The second kappa shape index (κ2) is 15.2. The molecule has 0 aliphatic rings. The smallest absolute Gasteiger partial charge is 0.326 e. The summed E-state index contributed by atoms with van der Waals surface area (Å²) in [5.41, 5.74) is 16.4. The van der Waals surface area contributed by atoms with Gasteiger partial charge in [-0.2, -0.15) is 0 Å². The van der Waals surface area contributed by atoms with Crippen molar-refractivity contribution in [2.45, 2.75) is 69.3 Å². The number of nitrogens with one attached hydrogen (secondary N) is 3. The maximum atomic E-state index is 13.0. The molecule has 0 aromatic heterocycles. The predicted molar refractivity (Wildman–Crippen MR) is 130 cm³/mol. The van der Waals surface area contributed by atoms with Gasteiger partial charge in [0.2, 0.25) is 29.5 Å². The van der Waals surface area contributed by atoms with Crippen molar-refractivity contribution in [3.05, 3.63) is 35.9 Å². The Balaban J connectivity index is 3.06. The molecule has 5 unspecified atom stereocenters. The molecule has 5 amide bonds. The van der Waals surface area contributed by atoms with Crippen LogP contribution in [-0.4, -0.2) is 76.0 Å². The van der Waals surface area contributed by atoms with E-state index < -0.39 is 65.8 Å². The van der Waals surface area contributed by atoms with E-state index in [0.29, 0.717) is 5.56 Å². The SMILES string of the molecule is CC(O)C(NC(=O)C(N)CCC(N)=O)C(=O)NC(Cc1ccccc1)C(=O)NC(CCC(N)=O)C(=O)O. The van der Waals surface area contributed by atoms with E-state index in [1.54, 1.807) is 30.3 Å². The number of aliphatic hydroxyl groups is 1. The van der Waals surface area contributed by atoms with E-state index in [1.807, 2.05) is 0 Å². The van der Waals surface area contributed by atoms with Crippen molar-refractivity contribution in [3.8, 4) is 0 Å². The topological polar surface area (TPSA) is 257 Å². The first-order valence-electron chi connectivity index (χ1n) is 11.5. The molecular formula is C23H34N6O8. The second-order valence-electron chi connectivity index (χ2n) is 8.49. The third-order valence-electron chi connectivity index (χ3n) is 5.31. The lowest BCUT2D eigenvalue weighted by Gasteiger charge is -2.26. The number of carbonyl (C=O) groups is 6. The average molecular weight is 523 g/mol. The number of hydrogen-bond donors (Lipinski definition) is 8. The van der Waals surface area contributed by atoms with Crippen LogP contribution in [0.15, 0.2) is 30.3 Å². The van der Waals surface area contributed by atoms with Crippen LogP contribution in [0.2, 0.25) is 0 Å². The van der Waals surface area contributed by atoms with Gasteiger partial charge in [-0.15, -0.1) is 0 Å². The Labute approximate surface area is 213 Å². The predicted octanol–water partition coefficient (Wildman–Crippen LogP) is -2.99. The normalized spacial score (nSPS) is 14.8. The van der Waals surface area contributed by atoms with Gasteiger partial charge in [0.15, 0.2) is 0 Å². The molecule has 0 fully saturated rings. The van der Waals surface area contributed by atoms with Crippen molar-refractivity contribution in [3.63, 3.8) is 0 Å². The molecule has 0 bridgehead atoms. The molecule has 0 heterocycles. The summed E-state index contributed by atoms with van der Waals surface area (Å²) in [6.07, 6.45) is -2.28. The van der Waals surface area contributed by atoms with Crippen LogP contribution in [0.1, 0.15) is 38.2 Å². The number of hydrogen-bond acceptors (Lipinski definition) is 8. The number of rotatable bonds is 16. The van der Waals surface area contributed by atoms with Crippen molar-refractivity contribution in [2.75, 3.05) is 0 Å². The Morgan fingerprint density at radius 2 is 1.35 bits per heavy atom. The summed E-state index contributed by atoms with van der Waals surface area (Å²) in [5.74, 6) is -5.46. The minimum Gasteiger partial charge on any atom is -0.480 e. The van der Waals surface area contributed by atoms with Crippen LogP contribution in [0, 0.1) is 0 Å².